The van der Waals surface area contributed by atoms with E-state index in [2.05, 4.69) is 21.7 Å². The summed E-state index contributed by atoms with van der Waals surface area (Å²) in [5, 5.41) is 6.32. The van der Waals surface area contributed by atoms with Gasteiger partial charge in [-0.15, -0.1) is 0 Å². The number of halogens is 2. The molecule has 0 fully saturated rings. The summed E-state index contributed by atoms with van der Waals surface area (Å²) in [5.74, 6) is -0.303. The lowest BCUT2D eigenvalue weighted by Gasteiger charge is -2.15. The molecule has 0 aliphatic carbocycles. The van der Waals surface area contributed by atoms with Crippen molar-refractivity contribution >= 4 is 5.96 Å². The average molecular weight is 323 g/mol. The van der Waals surface area contributed by atoms with Crippen molar-refractivity contribution in [3.8, 4) is 0 Å². The van der Waals surface area contributed by atoms with E-state index < -0.39 is 11.6 Å². The minimum Gasteiger partial charge on any atom is -0.377 e. The molecule has 1 heterocycles. The second-order valence-corrected chi connectivity index (χ2v) is 5.29. The molecule has 0 radical (unpaired) electrons. The molecule has 0 spiro atoms. The first-order valence-corrected chi connectivity index (χ1v) is 7.90. The van der Waals surface area contributed by atoms with Gasteiger partial charge in [0.25, 0.3) is 0 Å². The fourth-order valence-electron chi connectivity index (χ4n) is 2.30. The van der Waals surface area contributed by atoms with Crippen LogP contribution in [0.3, 0.4) is 0 Å². The maximum absolute atomic E-state index is 13.6. The smallest absolute Gasteiger partial charge is 0.191 e. The van der Waals surface area contributed by atoms with Gasteiger partial charge in [-0.2, -0.15) is 0 Å². The maximum Gasteiger partial charge on any atom is 0.191 e. The Balaban J connectivity index is 1.88. The Kier molecular flexibility index (Phi) is 7.00. The molecule has 0 saturated heterocycles. The molecule has 23 heavy (non-hydrogen) atoms. The zero-order valence-corrected chi connectivity index (χ0v) is 13.4. The molecule has 0 amide bonds. The number of nitrogens with zero attached hydrogens (tertiary/aromatic N) is 1. The molecule has 2 N–H and O–H groups in total. The molecule has 0 unspecified atom stereocenters. The van der Waals surface area contributed by atoms with Crippen LogP contribution >= 0.6 is 0 Å². The molecular formula is C17H23F2N3O. The van der Waals surface area contributed by atoms with Crippen LogP contribution in [-0.2, 0) is 11.3 Å². The van der Waals surface area contributed by atoms with Crippen LogP contribution in [0.4, 0.5) is 8.78 Å². The summed E-state index contributed by atoms with van der Waals surface area (Å²) in [4.78, 5) is 4.31. The van der Waals surface area contributed by atoms with Gasteiger partial charge in [-0.25, -0.2) is 13.8 Å². The van der Waals surface area contributed by atoms with E-state index >= 15 is 0 Å². The van der Waals surface area contributed by atoms with Crippen molar-refractivity contribution in [1.82, 2.24) is 10.6 Å². The van der Waals surface area contributed by atoms with Crippen LogP contribution in [0, 0.1) is 11.6 Å². The Morgan fingerprint density at radius 1 is 1.30 bits per heavy atom. The number of hydrogen-bond donors (Lipinski definition) is 2. The third kappa shape index (κ3) is 5.98. The molecule has 1 aliphatic heterocycles. The highest BCUT2D eigenvalue weighted by Crippen LogP contribution is 2.11. The lowest BCUT2D eigenvalue weighted by molar-refractivity contribution is 0.153. The van der Waals surface area contributed by atoms with E-state index in [0.717, 1.165) is 38.1 Å². The Bertz CT molecular complexity index is 573. The zero-order valence-electron chi connectivity index (χ0n) is 13.4. The predicted octanol–water partition coefficient (Wildman–Crippen LogP) is 2.76. The van der Waals surface area contributed by atoms with Crippen molar-refractivity contribution in [3.05, 3.63) is 47.0 Å². The summed E-state index contributed by atoms with van der Waals surface area (Å²) in [7, 11) is 0. The maximum atomic E-state index is 13.6. The topological polar surface area (TPSA) is 45.7 Å². The SMILES string of the molecule is CCNC(=NCc1cc(F)ccc1F)NCCC1=CCOCC1. The van der Waals surface area contributed by atoms with E-state index in [0.29, 0.717) is 19.1 Å². The van der Waals surface area contributed by atoms with E-state index in [1.807, 2.05) is 6.92 Å². The van der Waals surface area contributed by atoms with E-state index in [1.54, 1.807) is 0 Å². The van der Waals surface area contributed by atoms with Crippen molar-refractivity contribution in [2.24, 2.45) is 4.99 Å². The Labute approximate surface area is 135 Å². The van der Waals surface area contributed by atoms with Crippen LogP contribution in [0.15, 0.2) is 34.8 Å². The molecule has 1 aliphatic rings. The Hall–Kier alpha value is -1.95. The Morgan fingerprint density at radius 3 is 2.91 bits per heavy atom. The van der Waals surface area contributed by atoms with Gasteiger partial charge in [-0.1, -0.05) is 11.6 Å². The molecular weight excluding hydrogens is 300 g/mol. The van der Waals surface area contributed by atoms with Gasteiger partial charge in [0.05, 0.1) is 19.8 Å². The largest absolute Gasteiger partial charge is 0.377 e. The highest BCUT2D eigenvalue weighted by Gasteiger charge is 2.06. The van der Waals surface area contributed by atoms with Crippen LogP contribution in [0.5, 0.6) is 0 Å². The third-order valence-electron chi connectivity index (χ3n) is 3.56. The molecule has 126 valence electrons. The van der Waals surface area contributed by atoms with E-state index in [-0.39, 0.29) is 12.1 Å². The highest BCUT2D eigenvalue weighted by molar-refractivity contribution is 5.79. The van der Waals surface area contributed by atoms with Crippen molar-refractivity contribution in [2.45, 2.75) is 26.3 Å². The minimum absolute atomic E-state index is 0.0927. The number of nitrogens with one attached hydrogen (secondary N) is 2. The first kappa shape index (κ1) is 17.4. The monoisotopic (exact) mass is 323 g/mol. The van der Waals surface area contributed by atoms with Crippen LogP contribution in [0.25, 0.3) is 0 Å². The number of ether oxygens (including phenoxy) is 1. The normalized spacial score (nSPS) is 15.3. The van der Waals surface area contributed by atoms with Gasteiger partial charge in [-0.05, 0) is 38.0 Å². The van der Waals surface area contributed by atoms with Crippen LogP contribution in [0.2, 0.25) is 0 Å². The summed E-state index contributed by atoms with van der Waals surface area (Å²) >= 11 is 0. The van der Waals surface area contributed by atoms with Crippen LogP contribution in [-0.4, -0.2) is 32.3 Å². The van der Waals surface area contributed by atoms with Gasteiger partial charge in [0.2, 0.25) is 0 Å². The standard InChI is InChI=1S/C17H23F2N3O/c1-2-20-17(21-8-5-13-6-9-23-10-7-13)22-12-14-11-15(18)3-4-16(14)19/h3-4,6,11H,2,5,7-10,12H2,1H3,(H2,20,21,22). The number of hydrogen-bond acceptors (Lipinski definition) is 2. The average Bonchev–Trinajstić information content (AvgIpc) is 2.56. The van der Waals surface area contributed by atoms with E-state index in [4.69, 9.17) is 4.74 Å². The summed E-state index contributed by atoms with van der Waals surface area (Å²) in [6, 6.07) is 3.40. The second-order valence-electron chi connectivity index (χ2n) is 5.29. The molecule has 0 bridgehead atoms. The molecule has 2 rings (SSSR count). The van der Waals surface area contributed by atoms with Gasteiger partial charge in [0, 0.05) is 18.7 Å². The lowest BCUT2D eigenvalue weighted by Crippen LogP contribution is -2.38. The third-order valence-corrected chi connectivity index (χ3v) is 3.56. The van der Waals surface area contributed by atoms with Crippen molar-refractivity contribution in [1.29, 1.82) is 0 Å². The molecule has 1 aromatic carbocycles. The number of rotatable bonds is 6. The van der Waals surface area contributed by atoms with Crippen LogP contribution < -0.4 is 10.6 Å². The van der Waals surface area contributed by atoms with E-state index in [9.17, 15) is 8.78 Å². The zero-order chi connectivity index (χ0) is 16.5. The van der Waals surface area contributed by atoms with Gasteiger partial charge in [-0.3, -0.25) is 0 Å². The fourth-order valence-corrected chi connectivity index (χ4v) is 2.30. The number of aliphatic imine (C=N–C) groups is 1. The van der Waals surface area contributed by atoms with Crippen LogP contribution in [0.1, 0.15) is 25.3 Å². The van der Waals surface area contributed by atoms with Gasteiger partial charge >= 0.3 is 0 Å². The molecule has 6 heteroatoms. The molecule has 0 saturated carbocycles. The van der Waals surface area contributed by atoms with Crippen molar-refractivity contribution < 1.29 is 13.5 Å². The van der Waals surface area contributed by atoms with Crippen molar-refractivity contribution in [2.75, 3.05) is 26.3 Å². The summed E-state index contributed by atoms with van der Waals surface area (Å²) in [6.07, 6.45) is 3.99. The Morgan fingerprint density at radius 2 is 2.17 bits per heavy atom. The predicted molar refractivity (Wildman–Crippen MR) is 87.3 cm³/mol. The van der Waals surface area contributed by atoms with Gasteiger partial charge < -0.3 is 15.4 Å². The van der Waals surface area contributed by atoms with E-state index in [1.165, 1.54) is 11.6 Å². The van der Waals surface area contributed by atoms with Crippen molar-refractivity contribution in [3.63, 3.8) is 0 Å². The summed E-state index contributed by atoms with van der Waals surface area (Å²) in [6.45, 7) is 4.95. The fraction of sp³-hybridized carbons (Fsp3) is 0.471. The first-order chi connectivity index (χ1) is 11.2. The lowest BCUT2D eigenvalue weighted by atomic mass is 10.1. The molecule has 1 aromatic rings. The minimum atomic E-state index is -0.457. The molecule has 4 nitrogen and oxygen atoms in total. The number of guanidine groups is 1. The highest BCUT2D eigenvalue weighted by atomic mass is 19.1. The quantitative estimate of drug-likeness (QED) is 0.481. The number of benzene rings is 1. The second kappa shape index (κ2) is 9.25. The van der Waals surface area contributed by atoms with Gasteiger partial charge in [0.15, 0.2) is 5.96 Å². The van der Waals surface area contributed by atoms with Gasteiger partial charge in [0.1, 0.15) is 11.6 Å². The first-order valence-electron chi connectivity index (χ1n) is 7.90. The summed E-state index contributed by atoms with van der Waals surface area (Å²) < 4.78 is 32.0. The molecule has 0 aromatic heterocycles. The molecule has 0 atom stereocenters. The summed E-state index contributed by atoms with van der Waals surface area (Å²) in [5.41, 5.74) is 1.62.